The molecule has 14 aromatic carbocycles. The highest BCUT2D eigenvalue weighted by atomic mass is 16.3. The fourth-order valence-corrected chi connectivity index (χ4v) is 19.4. The number of hydrogen-bond donors (Lipinski definition) is 0. The van der Waals surface area contributed by atoms with Gasteiger partial charge in [0.25, 0.3) is 5.82 Å². The van der Waals surface area contributed by atoms with Gasteiger partial charge in [0.2, 0.25) is 11.3 Å². The molecule has 0 radical (unpaired) electrons. The third-order valence-corrected chi connectivity index (χ3v) is 25.6. The maximum atomic E-state index is 6.38. The summed E-state index contributed by atoms with van der Waals surface area (Å²) in [5, 5.41) is 27.6. The predicted octanol–water partition coefficient (Wildman–Crippen LogP) is 25.1. The van der Waals surface area contributed by atoms with Gasteiger partial charge in [-0.15, -0.1) is 9.36 Å². The summed E-state index contributed by atoms with van der Waals surface area (Å²) in [5.74, 6) is 2.20. The van der Waals surface area contributed by atoms with Crippen LogP contribution in [0, 0.1) is 41.5 Å². The SMILES string of the molecule is Cc1c(-c2n(C)cc[n+]2C)c2oc3ccccc3c2c2ccccc12.Cc1c(-n2ccc[n+]2C)c2oc3ccccc3c2c2ccccc12.Cc1c(N2C=CN(C)[C@@H]2C)c2oc3ccccc3c2c2ccccc12.Cc1cccn1-c1c2oc3ccccc3c2c2ccccc2[n+]1C.Cc1cn[n+](C)c(-c2c(C)c3ccccc3c3c2oc2ccccc23)c1. The molecule has 604 valence electrons. The van der Waals surface area contributed by atoms with Crippen LogP contribution in [0.2, 0.25) is 0 Å². The van der Waals surface area contributed by atoms with E-state index >= 15 is 0 Å². The average Bonchev–Trinajstić information content (AvgIpc) is 1.57. The topological polar surface area (TPSA) is 115 Å². The van der Waals surface area contributed by atoms with Crippen LogP contribution < -0.4 is 23.4 Å². The Morgan fingerprint density at radius 2 is 0.750 bits per heavy atom. The van der Waals surface area contributed by atoms with Crippen molar-refractivity contribution in [1.29, 1.82) is 0 Å². The molecule has 24 aromatic rings. The van der Waals surface area contributed by atoms with Gasteiger partial charge in [-0.2, -0.15) is 0 Å². The number of aryl methyl sites for hydroxylation is 11. The second-order valence-electron chi connectivity index (χ2n) is 32.9. The van der Waals surface area contributed by atoms with Crippen molar-refractivity contribution in [2.75, 3.05) is 11.9 Å². The van der Waals surface area contributed by atoms with Gasteiger partial charge < -0.3 is 31.9 Å². The summed E-state index contributed by atoms with van der Waals surface area (Å²) in [6, 6.07) is 92.8. The lowest BCUT2D eigenvalue weighted by molar-refractivity contribution is -0.744. The normalized spacial score (nSPS) is 12.9. The Balaban J connectivity index is 0.0000000950. The lowest BCUT2D eigenvalue weighted by atomic mass is 9.93. The highest BCUT2D eigenvalue weighted by molar-refractivity contribution is 6.27. The van der Waals surface area contributed by atoms with E-state index in [2.05, 4.69) is 363 Å². The third-order valence-electron chi connectivity index (χ3n) is 25.6. The van der Waals surface area contributed by atoms with Crippen molar-refractivity contribution in [1.82, 2.24) is 23.8 Å². The van der Waals surface area contributed by atoms with Crippen molar-refractivity contribution in [3.8, 4) is 34.2 Å². The molecule has 0 unspecified atom stereocenters. The Bertz CT molecular complexity index is 8270. The smallest absolute Gasteiger partial charge is 0.330 e. The van der Waals surface area contributed by atoms with Crippen LogP contribution in [0.25, 0.3) is 198 Å². The minimum absolute atomic E-state index is 0.260. The Labute approximate surface area is 715 Å². The van der Waals surface area contributed by atoms with Crippen LogP contribution in [-0.2, 0) is 35.2 Å². The molecule has 0 saturated carbocycles. The van der Waals surface area contributed by atoms with Crippen LogP contribution in [0.4, 0.5) is 5.69 Å². The van der Waals surface area contributed by atoms with E-state index in [0.717, 1.165) is 106 Å². The molecule has 25 rings (SSSR count). The molecule has 15 heteroatoms. The molecule has 11 heterocycles. The van der Waals surface area contributed by atoms with E-state index in [1.54, 1.807) is 0 Å². The van der Waals surface area contributed by atoms with Gasteiger partial charge in [0, 0.05) is 90.8 Å². The number of nitrogens with zero attached hydrogens (tertiary/aromatic N) is 10. The fraction of sp³-hybridized carbons (Fsp3) is 0.128. The lowest BCUT2D eigenvalue weighted by Gasteiger charge is -2.29. The van der Waals surface area contributed by atoms with Crippen molar-refractivity contribution in [2.24, 2.45) is 35.2 Å². The standard InChI is InChI=1S/C23H19N2O.C22H19N2O.C22H20N2O.2C21H17N2O/c1-14-12-19(25(3)24-13-14)21-15(2)16-8-4-5-9-17(16)22-18-10-6-7-11-20(18)26-23(21)22;1-14-15-8-4-5-9-16(15)20-17-10-6-7-11-18(17)25-21(20)19(14)22-23(2)12-13-24(22)3;1-14-16-8-4-5-9-17(16)20-18-10-6-7-11-19(18)25-22(20)21(14)24-13-12-23(3)15(24)2;1-14-8-7-13-23(14)21-20-19(16-10-4-6-12-18(16)24-20)15-9-3-5-11-17(15)22(21)2;1-14-15-8-3-4-9-16(15)19-17-10-5-6-11-18(17)24-21(19)20(14)23-13-7-12-22(23)2/h4-13H,1-3H3;4-13H,1-3H3;4-13,15H,1-3H3;2*3-13H,1-2H3/q2*+1;;2*+1/t;;15-;;/m..0../s1. The zero-order chi connectivity index (χ0) is 84.6. The number of rotatable bonds is 5. The third kappa shape index (κ3) is 12.1. The second-order valence-corrected chi connectivity index (χ2v) is 32.9. The van der Waals surface area contributed by atoms with Crippen molar-refractivity contribution in [2.45, 2.75) is 54.6 Å². The number of pyridine rings is 1. The summed E-state index contributed by atoms with van der Waals surface area (Å²) in [6.07, 6.45) is 16.8. The summed E-state index contributed by atoms with van der Waals surface area (Å²) < 4.78 is 46.6. The number of para-hydroxylation sites is 6. The Morgan fingerprint density at radius 1 is 0.355 bits per heavy atom. The first kappa shape index (κ1) is 76.1. The zero-order valence-corrected chi connectivity index (χ0v) is 71.6. The second kappa shape index (κ2) is 30.1. The van der Waals surface area contributed by atoms with Crippen molar-refractivity contribution < 1.29 is 40.6 Å². The largest absolute Gasteiger partial charge is 0.455 e. The van der Waals surface area contributed by atoms with E-state index in [9.17, 15) is 0 Å². The predicted molar refractivity (Wildman–Crippen MR) is 504 cm³/mol. The maximum Gasteiger partial charge on any atom is 0.330 e. The Hall–Kier alpha value is -15.4. The van der Waals surface area contributed by atoms with Gasteiger partial charge in [-0.25, -0.2) is 18.3 Å². The number of fused-ring (bicyclic) bond motifs is 25. The van der Waals surface area contributed by atoms with E-state index in [4.69, 9.17) is 22.1 Å². The molecule has 0 fully saturated rings. The van der Waals surface area contributed by atoms with Crippen molar-refractivity contribution in [3.63, 3.8) is 0 Å². The molecule has 124 heavy (non-hydrogen) atoms. The summed E-state index contributed by atoms with van der Waals surface area (Å²) in [5.41, 5.74) is 23.5. The molecule has 0 spiro atoms. The van der Waals surface area contributed by atoms with Gasteiger partial charge in [0.05, 0.1) is 51.0 Å². The fourth-order valence-electron chi connectivity index (χ4n) is 19.4. The highest BCUT2D eigenvalue weighted by Gasteiger charge is 2.32. The Morgan fingerprint density at radius 3 is 1.19 bits per heavy atom. The summed E-state index contributed by atoms with van der Waals surface area (Å²) in [7, 11) is 12.4. The number of imidazole rings is 1. The van der Waals surface area contributed by atoms with E-state index in [1.807, 2.05) is 91.8 Å². The molecule has 0 aliphatic carbocycles. The quantitative estimate of drug-likeness (QED) is 0.157. The number of benzene rings is 14. The minimum Gasteiger partial charge on any atom is -0.455 e. The van der Waals surface area contributed by atoms with Crippen LogP contribution in [0.15, 0.2) is 339 Å². The molecule has 1 aliphatic rings. The molecule has 0 amide bonds. The summed E-state index contributed by atoms with van der Waals surface area (Å²) in [6.45, 7) is 15.1. The maximum absolute atomic E-state index is 6.38. The lowest BCUT2D eigenvalue weighted by Crippen LogP contribution is -2.37. The number of aromatic nitrogens is 8. The summed E-state index contributed by atoms with van der Waals surface area (Å²) >= 11 is 0. The highest BCUT2D eigenvalue weighted by Crippen LogP contribution is 2.49. The number of hydrogen-bond acceptors (Lipinski definition) is 8. The molecule has 0 saturated heterocycles. The van der Waals surface area contributed by atoms with E-state index in [0.29, 0.717) is 0 Å². The van der Waals surface area contributed by atoms with Gasteiger partial charge >= 0.3 is 5.82 Å². The molecule has 1 atom stereocenters. The van der Waals surface area contributed by atoms with E-state index < -0.39 is 0 Å². The van der Waals surface area contributed by atoms with Crippen LogP contribution in [-0.4, -0.2) is 37.0 Å². The van der Waals surface area contributed by atoms with Crippen LogP contribution in [0.1, 0.15) is 40.4 Å². The van der Waals surface area contributed by atoms with E-state index in [1.165, 1.54) is 131 Å². The van der Waals surface area contributed by atoms with Crippen molar-refractivity contribution >= 4 is 169 Å². The molecule has 1 aliphatic heterocycles. The number of anilines is 1. The van der Waals surface area contributed by atoms with Gasteiger partial charge in [-0.05, 0) is 179 Å². The van der Waals surface area contributed by atoms with Crippen LogP contribution >= 0.6 is 0 Å². The minimum atomic E-state index is 0.260. The van der Waals surface area contributed by atoms with Gasteiger partial charge in [0.1, 0.15) is 68.8 Å². The molecule has 0 N–H and O–H groups in total. The molecule has 10 aromatic heterocycles. The van der Waals surface area contributed by atoms with Crippen LogP contribution in [0.5, 0.6) is 0 Å². The summed E-state index contributed by atoms with van der Waals surface area (Å²) in [4.78, 5) is 4.52. The zero-order valence-electron chi connectivity index (χ0n) is 71.6. The van der Waals surface area contributed by atoms with Gasteiger partial charge in [-0.1, -0.05) is 205 Å². The monoisotopic (exact) mass is 1620 g/mol. The van der Waals surface area contributed by atoms with Crippen molar-refractivity contribution in [3.05, 3.63) is 350 Å². The first-order valence-electron chi connectivity index (χ1n) is 42.2. The molecule has 15 nitrogen and oxygen atoms in total. The molecule has 0 bridgehead atoms. The number of furan rings is 5. The Kier molecular flexibility index (Phi) is 18.5. The molecular weight excluding hydrogens is 1530 g/mol. The van der Waals surface area contributed by atoms with Gasteiger partial charge in [0.15, 0.2) is 42.7 Å². The first-order valence-corrected chi connectivity index (χ1v) is 42.2. The van der Waals surface area contributed by atoms with Gasteiger partial charge in [-0.3, -0.25) is 0 Å². The average molecular weight is 1620 g/mol. The van der Waals surface area contributed by atoms with Crippen LogP contribution in [0.3, 0.4) is 0 Å². The first-order chi connectivity index (χ1) is 60.5. The molecular formula is C109H92N10O5+4. The van der Waals surface area contributed by atoms with E-state index in [-0.39, 0.29) is 6.17 Å².